The summed E-state index contributed by atoms with van der Waals surface area (Å²) in [5, 5.41) is 8.97. The fourth-order valence-electron chi connectivity index (χ4n) is 3.59. The predicted octanol–water partition coefficient (Wildman–Crippen LogP) is 3.82. The summed E-state index contributed by atoms with van der Waals surface area (Å²) in [5.41, 5.74) is 0. The van der Waals surface area contributed by atoms with Crippen molar-refractivity contribution in [1.82, 2.24) is 4.31 Å². The minimum atomic E-state index is -3.98. The van der Waals surface area contributed by atoms with Gasteiger partial charge in [-0.3, -0.25) is 0 Å². The summed E-state index contributed by atoms with van der Waals surface area (Å²) in [6.45, 7) is 0.377. The number of sulfonamides is 1. The van der Waals surface area contributed by atoms with Crippen LogP contribution in [0.25, 0.3) is 0 Å². The smallest absolute Gasteiger partial charge is 0.243 e. The van der Waals surface area contributed by atoms with Crippen LogP contribution in [0.4, 0.5) is 4.39 Å². The van der Waals surface area contributed by atoms with Crippen LogP contribution >= 0.6 is 11.3 Å². The number of sulfone groups is 1. The van der Waals surface area contributed by atoms with Crippen molar-refractivity contribution in [1.29, 1.82) is 5.26 Å². The average molecular weight is 507 g/mol. The van der Waals surface area contributed by atoms with Crippen LogP contribution in [0.2, 0.25) is 0 Å². The summed E-state index contributed by atoms with van der Waals surface area (Å²) in [6.07, 6.45) is 1.23. The highest BCUT2D eigenvalue weighted by Crippen LogP contribution is 2.31. The van der Waals surface area contributed by atoms with Crippen LogP contribution < -0.4 is 4.74 Å². The number of nitriles is 1. The van der Waals surface area contributed by atoms with Crippen molar-refractivity contribution in [3.8, 4) is 11.8 Å². The molecule has 4 rings (SSSR count). The molecular formula is C22H19FN2O5S3. The van der Waals surface area contributed by atoms with Crippen LogP contribution in [-0.2, 0) is 19.9 Å². The summed E-state index contributed by atoms with van der Waals surface area (Å²) in [5.74, 6) is 0.0371. The largest absolute Gasteiger partial charge is 0.492 e. The minimum absolute atomic E-state index is 0.0275. The van der Waals surface area contributed by atoms with Crippen LogP contribution in [0, 0.1) is 17.1 Å². The molecule has 1 saturated heterocycles. The first-order valence-corrected chi connectivity index (χ1v) is 13.7. The van der Waals surface area contributed by atoms with Crippen molar-refractivity contribution in [2.75, 3.05) is 13.2 Å². The van der Waals surface area contributed by atoms with Crippen molar-refractivity contribution < 1.29 is 26.0 Å². The summed E-state index contributed by atoms with van der Waals surface area (Å²) >= 11 is 0.830. The molecule has 0 radical (unpaired) electrons. The molecule has 0 saturated carbocycles. The highest BCUT2D eigenvalue weighted by Gasteiger charge is 2.36. The topological polar surface area (TPSA) is 105 Å². The first kappa shape index (κ1) is 23.4. The highest BCUT2D eigenvalue weighted by molar-refractivity contribution is 7.93. The third kappa shape index (κ3) is 4.79. The van der Waals surface area contributed by atoms with E-state index >= 15 is 0 Å². The second kappa shape index (κ2) is 9.23. The Bertz CT molecular complexity index is 1410. The first-order chi connectivity index (χ1) is 15.7. The van der Waals surface area contributed by atoms with Gasteiger partial charge in [0.1, 0.15) is 33.3 Å². The zero-order chi connectivity index (χ0) is 23.6. The van der Waals surface area contributed by atoms with Gasteiger partial charge in [-0.05, 0) is 67.4 Å². The lowest BCUT2D eigenvalue weighted by Crippen LogP contribution is -2.39. The minimum Gasteiger partial charge on any atom is -0.492 e. The standard InChI is InChI=1S/C22H19FN2O5S3/c23-16-6-8-18(9-7-16)30-15-17-3-2-12-25(17)33(28,29)21-5-1-4-20(13-21)32(26,27)22-11-10-19(14-24)31-22/h1,4-11,13,17H,2-3,12,15H2/t17-/m0/s1. The van der Waals surface area contributed by atoms with Gasteiger partial charge in [-0.25, -0.2) is 21.2 Å². The summed E-state index contributed by atoms with van der Waals surface area (Å²) in [4.78, 5) is -0.0408. The van der Waals surface area contributed by atoms with E-state index in [1.165, 1.54) is 58.9 Å². The zero-order valence-electron chi connectivity index (χ0n) is 17.2. The fourth-order valence-corrected chi connectivity index (χ4v) is 7.94. The Hall–Kier alpha value is -2.78. The van der Waals surface area contributed by atoms with Crippen LogP contribution in [0.1, 0.15) is 17.7 Å². The number of ether oxygens (including phenoxy) is 1. The van der Waals surface area contributed by atoms with E-state index < -0.39 is 31.7 Å². The molecule has 1 fully saturated rings. The van der Waals surface area contributed by atoms with Crippen LogP contribution in [0.5, 0.6) is 5.75 Å². The van der Waals surface area contributed by atoms with Gasteiger partial charge >= 0.3 is 0 Å². The van der Waals surface area contributed by atoms with E-state index in [1.807, 2.05) is 6.07 Å². The van der Waals surface area contributed by atoms with Gasteiger partial charge in [0.2, 0.25) is 19.9 Å². The Morgan fingerprint density at radius 1 is 1.06 bits per heavy atom. The maximum absolute atomic E-state index is 13.4. The number of halogens is 1. The number of hydrogen-bond donors (Lipinski definition) is 0. The molecule has 2 aromatic carbocycles. The summed E-state index contributed by atoms with van der Waals surface area (Å²) < 4.78 is 72.7. The molecule has 0 N–H and O–H groups in total. The van der Waals surface area contributed by atoms with Crippen molar-refractivity contribution in [3.05, 3.63) is 71.4 Å². The number of thiophene rings is 1. The molecule has 2 heterocycles. The molecule has 3 aromatic rings. The number of benzene rings is 2. The second-order valence-corrected chi connectivity index (χ2v) is 12.5. The molecule has 0 aliphatic carbocycles. The van der Waals surface area contributed by atoms with Crippen molar-refractivity contribution >= 4 is 31.2 Å². The third-order valence-electron chi connectivity index (χ3n) is 5.26. The van der Waals surface area contributed by atoms with Gasteiger partial charge in [0.25, 0.3) is 0 Å². The summed E-state index contributed by atoms with van der Waals surface area (Å²) in [7, 11) is -7.95. The Morgan fingerprint density at radius 3 is 2.48 bits per heavy atom. The maximum Gasteiger partial charge on any atom is 0.243 e. The molecule has 172 valence electrons. The number of rotatable bonds is 7. The molecule has 11 heteroatoms. The van der Waals surface area contributed by atoms with Gasteiger partial charge in [-0.15, -0.1) is 11.3 Å². The molecule has 1 aliphatic heterocycles. The highest BCUT2D eigenvalue weighted by atomic mass is 32.2. The molecule has 33 heavy (non-hydrogen) atoms. The van der Waals surface area contributed by atoms with Crippen LogP contribution in [-0.4, -0.2) is 40.3 Å². The molecular weight excluding hydrogens is 487 g/mol. The Labute approximate surface area is 195 Å². The molecule has 0 spiro atoms. The quantitative estimate of drug-likeness (QED) is 0.482. The zero-order valence-corrected chi connectivity index (χ0v) is 19.7. The summed E-state index contributed by atoms with van der Waals surface area (Å²) in [6, 6.07) is 14.9. The molecule has 1 aromatic heterocycles. The van der Waals surface area contributed by atoms with E-state index in [-0.39, 0.29) is 32.0 Å². The molecule has 1 aliphatic rings. The van der Waals surface area contributed by atoms with E-state index in [0.29, 0.717) is 18.6 Å². The maximum atomic E-state index is 13.4. The second-order valence-electron chi connectivity index (χ2n) is 7.39. The molecule has 0 unspecified atom stereocenters. The van der Waals surface area contributed by atoms with Gasteiger partial charge in [0.05, 0.1) is 15.8 Å². The SMILES string of the molecule is N#Cc1ccc(S(=O)(=O)c2cccc(S(=O)(=O)N3CCC[C@H]3COc3ccc(F)cc3)c2)s1. The van der Waals surface area contributed by atoms with Gasteiger partial charge in [0.15, 0.2) is 0 Å². The van der Waals surface area contributed by atoms with E-state index in [9.17, 15) is 21.2 Å². The van der Waals surface area contributed by atoms with E-state index in [4.69, 9.17) is 10.00 Å². The van der Waals surface area contributed by atoms with Crippen molar-refractivity contribution in [3.63, 3.8) is 0 Å². The van der Waals surface area contributed by atoms with Crippen LogP contribution in [0.3, 0.4) is 0 Å². The first-order valence-electron chi connectivity index (χ1n) is 9.97. The number of hydrogen-bond acceptors (Lipinski definition) is 7. The Kier molecular flexibility index (Phi) is 6.54. The lowest BCUT2D eigenvalue weighted by molar-refractivity contribution is 0.232. The Balaban J connectivity index is 1.57. The van der Waals surface area contributed by atoms with Crippen molar-refractivity contribution in [2.24, 2.45) is 0 Å². The monoisotopic (exact) mass is 506 g/mol. The Morgan fingerprint density at radius 2 is 1.79 bits per heavy atom. The third-order valence-corrected chi connectivity index (χ3v) is 10.4. The normalized spacial score (nSPS) is 17.0. The average Bonchev–Trinajstić information content (AvgIpc) is 3.49. The molecule has 1 atom stereocenters. The van der Waals surface area contributed by atoms with E-state index in [0.717, 1.165) is 17.4 Å². The van der Waals surface area contributed by atoms with E-state index in [1.54, 1.807) is 0 Å². The molecule has 0 amide bonds. The van der Waals surface area contributed by atoms with Gasteiger partial charge < -0.3 is 4.74 Å². The lowest BCUT2D eigenvalue weighted by Gasteiger charge is -2.24. The molecule has 0 bridgehead atoms. The van der Waals surface area contributed by atoms with Crippen LogP contribution in [0.15, 0.2) is 74.7 Å². The lowest BCUT2D eigenvalue weighted by atomic mass is 10.2. The fraction of sp³-hybridized carbons (Fsp3) is 0.227. The van der Waals surface area contributed by atoms with Crippen molar-refractivity contribution in [2.45, 2.75) is 32.9 Å². The van der Waals surface area contributed by atoms with Gasteiger partial charge in [-0.2, -0.15) is 9.57 Å². The van der Waals surface area contributed by atoms with Gasteiger partial charge in [-0.1, -0.05) is 6.07 Å². The van der Waals surface area contributed by atoms with E-state index in [2.05, 4.69) is 0 Å². The number of nitrogens with zero attached hydrogens (tertiary/aromatic N) is 2. The molecule has 7 nitrogen and oxygen atoms in total. The predicted molar refractivity (Wildman–Crippen MR) is 120 cm³/mol. The van der Waals surface area contributed by atoms with Gasteiger partial charge in [0, 0.05) is 6.54 Å².